The minimum atomic E-state index is -3.98. The molecule has 1 amide bonds. The zero-order valence-corrected chi connectivity index (χ0v) is 19.6. The van der Waals surface area contributed by atoms with Crippen LogP contribution in [0, 0.1) is 5.92 Å². The van der Waals surface area contributed by atoms with Crippen molar-refractivity contribution < 1.29 is 17.9 Å². The van der Waals surface area contributed by atoms with Crippen LogP contribution in [0.4, 0.5) is 0 Å². The number of para-hydroxylation sites is 1. The Morgan fingerprint density at radius 2 is 1.74 bits per heavy atom. The van der Waals surface area contributed by atoms with Gasteiger partial charge >= 0.3 is 0 Å². The standard InChI is InChI=1S/C21H21Cl3N2O4S/c22-15-4-1-2-6-19(15)30-20-16(23)10-14(11-17(20)24)31(28,29)26-9-3-5-18(26)21(27)25-12-13-7-8-13/h1-2,4,6,10-11,13,18H,3,5,7-9,12H2,(H,25,27). The summed E-state index contributed by atoms with van der Waals surface area (Å²) in [5.74, 6) is 0.702. The maximum Gasteiger partial charge on any atom is 0.243 e. The van der Waals surface area contributed by atoms with Crippen molar-refractivity contribution in [2.75, 3.05) is 13.1 Å². The summed E-state index contributed by atoms with van der Waals surface area (Å²) in [4.78, 5) is 12.5. The van der Waals surface area contributed by atoms with Gasteiger partial charge in [0.2, 0.25) is 15.9 Å². The molecule has 0 radical (unpaired) electrons. The Morgan fingerprint density at radius 1 is 1.06 bits per heavy atom. The lowest BCUT2D eigenvalue weighted by atomic mass is 10.2. The van der Waals surface area contributed by atoms with Crippen LogP contribution < -0.4 is 10.1 Å². The van der Waals surface area contributed by atoms with Crippen LogP contribution in [0.2, 0.25) is 15.1 Å². The molecule has 1 unspecified atom stereocenters. The molecule has 2 aliphatic rings. The van der Waals surface area contributed by atoms with Crippen LogP contribution in [0.25, 0.3) is 0 Å². The summed E-state index contributed by atoms with van der Waals surface area (Å²) < 4.78 is 33.5. The smallest absolute Gasteiger partial charge is 0.243 e. The number of halogens is 3. The predicted octanol–water partition coefficient (Wildman–Crippen LogP) is 5.12. The highest BCUT2D eigenvalue weighted by Crippen LogP contribution is 2.41. The molecular weight excluding hydrogens is 483 g/mol. The molecule has 1 saturated carbocycles. The van der Waals surface area contributed by atoms with Crippen LogP contribution in [-0.4, -0.2) is 37.8 Å². The predicted molar refractivity (Wildman–Crippen MR) is 121 cm³/mol. The van der Waals surface area contributed by atoms with Gasteiger partial charge in [-0.05, 0) is 55.9 Å². The highest BCUT2D eigenvalue weighted by molar-refractivity contribution is 7.89. The Hall–Kier alpha value is -1.51. The number of ether oxygens (including phenoxy) is 1. The van der Waals surface area contributed by atoms with Crippen LogP contribution in [0.5, 0.6) is 11.5 Å². The average molecular weight is 504 g/mol. The van der Waals surface area contributed by atoms with E-state index < -0.39 is 16.1 Å². The molecule has 2 aromatic carbocycles. The fourth-order valence-corrected chi connectivity index (χ4v) is 6.11. The third-order valence-corrected chi connectivity index (χ3v) is 8.15. The number of sulfonamides is 1. The first-order valence-electron chi connectivity index (χ1n) is 9.98. The molecule has 1 aliphatic carbocycles. The van der Waals surface area contributed by atoms with E-state index in [0.29, 0.717) is 36.1 Å². The molecule has 0 bridgehead atoms. The second kappa shape index (κ2) is 9.16. The Labute approximate surface area is 196 Å². The number of benzene rings is 2. The van der Waals surface area contributed by atoms with Gasteiger partial charge < -0.3 is 10.1 Å². The molecule has 1 aliphatic heterocycles. The van der Waals surface area contributed by atoms with Gasteiger partial charge in [0.15, 0.2) is 5.75 Å². The lowest BCUT2D eigenvalue weighted by Crippen LogP contribution is -2.46. The molecule has 1 atom stereocenters. The number of nitrogens with one attached hydrogen (secondary N) is 1. The minimum absolute atomic E-state index is 0.0277. The van der Waals surface area contributed by atoms with E-state index in [2.05, 4.69) is 5.32 Å². The van der Waals surface area contributed by atoms with E-state index in [1.165, 1.54) is 16.4 Å². The van der Waals surface area contributed by atoms with Crippen molar-refractivity contribution in [3.8, 4) is 11.5 Å². The number of nitrogens with zero attached hydrogens (tertiary/aromatic N) is 1. The first-order chi connectivity index (χ1) is 14.8. The van der Waals surface area contributed by atoms with Crippen molar-refractivity contribution in [2.24, 2.45) is 5.92 Å². The summed E-state index contributed by atoms with van der Waals surface area (Å²) in [6, 6.07) is 8.62. The summed E-state index contributed by atoms with van der Waals surface area (Å²) >= 11 is 18.8. The Balaban J connectivity index is 1.57. The highest BCUT2D eigenvalue weighted by Gasteiger charge is 2.40. The topological polar surface area (TPSA) is 75.7 Å². The fourth-order valence-electron chi connectivity index (χ4n) is 3.53. The monoisotopic (exact) mass is 502 g/mol. The van der Waals surface area contributed by atoms with E-state index in [1.807, 2.05) is 0 Å². The molecular formula is C21H21Cl3N2O4S. The van der Waals surface area contributed by atoms with E-state index in [1.54, 1.807) is 24.3 Å². The minimum Gasteiger partial charge on any atom is -0.453 e. The van der Waals surface area contributed by atoms with Crippen molar-refractivity contribution in [3.63, 3.8) is 0 Å². The average Bonchev–Trinajstić information content (AvgIpc) is 3.42. The third kappa shape index (κ3) is 4.96. The van der Waals surface area contributed by atoms with E-state index >= 15 is 0 Å². The first kappa shape index (κ1) is 22.7. The zero-order chi connectivity index (χ0) is 22.2. The van der Waals surface area contributed by atoms with E-state index in [-0.39, 0.29) is 33.1 Å². The van der Waals surface area contributed by atoms with E-state index in [9.17, 15) is 13.2 Å². The Kier molecular flexibility index (Phi) is 6.70. The summed E-state index contributed by atoms with van der Waals surface area (Å²) in [5, 5.41) is 3.29. The molecule has 0 spiro atoms. The number of carbonyl (C=O) groups is 1. The number of amides is 1. The van der Waals surface area contributed by atoms with E-state index in [4.69, 9.17) is 39.5 Å². The van der Waals surface area contributed by atoms with Gasteiger partial charge in [-0.2, -0.15) is 4.31 Å². The van der Waals surface area contributed by atoms with Crippen LogP contribution in [0.15, 0.2) is 41.3 Å². The molecule has 2 fully saturated rings. The van der Waals surface area contributed by atoms with Gasteiger partial charge in [-0.3, -0.25) is 4.79 Å². The van der Waals surface area contributed by atoms with E-state index in [0.717, 1.165) is 12.8 Å². The van der Waals surface area contributed by atoms with Crippen LogP contribution in [0.3, 0.4) is 0 Å². The molecule has 1 saturated heterocycles. The van der Waals surface area contributed by atoms with Crippen molar-refractivity contribution in [3.05, 3.63) is 51.5 Å². The van der Waals surface area contributed by atoms with Gasteiger partial charge in [-0.15, -0.1) is 0 Å². The molecule has 10 heteroatoms. The maximum atomic E-state index is 13.3. The largest absolute Gasteiger partial charge is 0.453 e. The summed E-state index contributed by atoms with van der Waals surface area (Å²) in [6.45, 7) is 0.853. The van der Waals surface area contributed by atoms with Gasteiger partial charge in [0.1, 0.15) is 11.8 Å². The van der Waals surface area contributed by atoms with Crippen molar-refractivity contribution in [1.82, 2.24) is 9.62 Å². The normalized spacial score (nSPS) is 19.4. The second-order valence-corrected chi connectivity index (χ2v) is 10.8. The van der Waals surface area contributed by atoms with Crippen LogP contribution in [-0.2, 0) is 14.8 Å². The quantitative estimate of drug-likeness (QED) is 0.569. The van der Waals surface area contributed by atoms with Gasteiger partial charge in [0, 0.05) is 13.1 Å². The SMILES string of the molecule is O=C(NCC1CC1)C1CCCN1S(=O)(=O)c1cc(Cl)c(Oc2ccccc2Cl)c(Cl)c1. The van der Waals surface area contributed by atoms with Gasteiger partial charge in [0.05, 0.1) is 20.0 Å². The number of hydrogen-bond donors (Lipinski definition) is 1. The molecule has 166 valence electrons. The molecule has 0 aromatic heterocycles. The maximum absolute atomic E-state index is 13.3. The summed E-state index contributed by atoms with van der Waals surface area (Å²) in [6.07, 6.45) is 3.29. The Morgan fingerprint density at radius 3 is 2.39 bits per heavy atom. The summed E-state index contributed by atoms with van der Waals surface area (Å²) in [7, 11) is -3.98. The molecule has 6 nitrogen and oxygen atoms in total. The van der Waals surface area contributed by atoms with Crippen LogP contribution >= 0.6 is 34.8 Å². The molecule has 1 N–H and O–H groups in total. The highest BCUT2D eigenvalue weighted by atomic mass is 35.5. The third-order valence-electron chi connectivity index (χ3n) is 5.40. The molecule has 4 rings (SSSR count). The molecule has 2 aromatic rings. The zero-order valence-electron chi connectivity index (χ0n) is 16.5. The number of carbonyl (C=O) groups excluding carboxylic acids is 1. The van der Waals surface area contributed by atoms with Crippen molar-refractivity contribution in [2.45, 2.75) is 36.6 Å². The van der Waals surface area contributed by atoms with Crippen molar-refractivity contribution >= 4 is 50.7 Å². The lowest BCUT2D eigenvalue weighted by Gasteiger charge is -2.24. The number of rotatable bonds is 7. The molecule has 31 heavy (non-hydrogen) atoms. The summed E-state index contributed by atoms with van der Waals surface area (Å²) in [5.41, 5.74) is 0. The fraction of sp³-hybridized carbons (Fsp3) is 0.381. The number of hydrogen-bond acceptors (Lipinski definition) is 4. The van der Waals surface area contributed by atoms with Gasteiger partial charge in [-0.1, -0.05) is 46.9 Å². The van der Waals surface area contributed by atoms with Crippen molar-refractivity contribution in [1.29, 1.82) is 0 Å². The molecule has 1 heterocycles. The second-order valence-electron chi connectivity index (χ2n) is 7.71. The first-order valence-corrected chi connectivity index (χ1v) is 12.6. The lowest BCUT2D eigenvalue weighted by molar-refractivity contribution is -0.124. The van der Waals surface area contributed by atoms with Gasteiger partial charge in [0.25, 0.3) is 0 Å². The van der Waals surface area contributed by atoms with Crippen LogP contribution in [0.1, 0.15) is 25.7 Å². The van der Waals surface area contributed by atoms with Gasteiger partial charge in [-0.25, -0.2) is 8.42 Å². The Bertz CT molecular complexity index is 1080.